The third kappa shape index (κ3) is 3.08. The molecule has 0 unspecified atom stereocenters. The number of hydrogen-bond donors (Lipinski definition) is 1. The molecule has 0 spiro atoms. The first kappa shape index (κ1) is 13.3. The molecule has 0 saturated heterocycles. The maximum atomic E-state index is 4.29. The highest BCUT2D eigenvalue weighted by Crippen LogP contribution is 2.19. The van der Waals surface area contributed by atoms with Crippen molar-refractivity contribution in [2.45, 2.75) is 13.5 Å². The maximum Gasteiger partial charge on any atom is 0.163 e. The molecule has 0 atom stereocenters. The van der Waals surface area contributed by atoms with Gasteiger partial charge in [-0.25, -0.2) is 0 Å². The van der Waals surface area contributed by atoms with Gasteiger partial charge >= 0.3 is 0 Å². The number of nitrogens with zero attached hydrogens (tertiary/aromatic N) is 4. The highest BCUT2D eigenvalue weighted by Gasteiger charge is 2.04. The third-order valence-corrected chi connectivity index (χ3v) is 3.32. The van der Waals surface area contributed by atoms with Gasteiger partial charge in [0.15, 0.2) is 5.82 Å². The van der Waals surface area contributed by atoms with Gasteiger partial charge in [0.25, 0.3) is 0 Å². The van der Waals surface area contributed by atoms with Crippen molar-refractivity contribution in [1.82, 2.24) is 19.7 Å². The lowest BCUT2D eigenvalue weighted by atomic mass is 10.2. The van der Waals surface area contributed by atoms with Gasteiger partial charge in [-0.15, -0.1) is 10.2 Å². The van der Waals surface area contributed by atoms with Crippen LogP contribution in [-0.4, -0.2) is 19.7 Å². The number of anilines is 1. The Kier molecular flexibility index (Phi) is 3.64. The second kappa shape index (κ2) is 5.75. The van der Waals surface area contributed by atoms with Crippen LogP contribution in [0.3, 0.4) is 0 Å². The minimum absolute atomic E-state index is 0.761. The molecule has 0 amide bonds. The van der Waals surface area contributed by atoms with E-state index in [-0.39, 0.29) is 0 Å². The summed E-state index contributed by atoms with van der Waals surface area (Å²) in [6.07, 6.45) is 3.60. The number of nitrogens with one attached hydrogen (secondary N) is 1. The number of hydrogen-bond acceptors (Lipinski definition) is 4. The van der Waals surface area contributed by atoms with Crippen molar-refractivity contribution in [2.75, 3.05) is 5.32 Å². The fourth-order valence-corrected chi connectivity index (χ4v) is 2.09. The standard InChI is InChI=1S/C16H17N5/c1-12-3-4-13(9-17-12)10-18-15-7-5-14(6-8-15)16-20-19-11-21(16)2/h3-9,11,18H,10H2,1-2H3. The van der Waals surface area contributed by atoms with Gasteiger partial charge in [0.1, 0.15) is 6.33 Å². The quantitative estimate of drug-likeness (QED) is 0.798. The summed E-state index contributed by atoms with van der Waals surface area (Å²) in [4.78, 5) is 4.29. The van der Waals surface area contributed by atoms with Crippen LogP contribution in [-0.2, 0) is 13.6 Å². The highest BCUT2D eigenvalue weighted by molar-refractivity contribution is 5.59. The summed E-state index contributed by atoms with van der Waals surface area (Å²) in [6.45, 7) is 2.75. The number of pyridine rings is 1. The van der Waals surface area contributed by atoms with Crippen LogP contribution in [0.5, 0.6) is 0 Å². The SMILES string of the molecule is Cc1ccc(CNc2ccc(-c3nncn3C)cc2)cn1. The molecular weight excluding hydrogens is 262 g/mol. The number of benzene rings is 1. The van der Waals surface area contributed by atoms with Gasteiger partial charge in [-0.2, -0.15) is 0 Å². The second-order valence-electron chi connectivity index (χ2n) is 5.00. The lowest BCUT2D eigenvalue weighted by Gasteiger charge is -2.07. The third-order valence-electron chi connectivity index (χ3n) is 3.32. The van der Waals surface area contributed by atoms with E-state index in [0.29, 0.717) is 0 Å². The van der Waals surface area contributed by atoms with Crippen LogP contribution in [0, 0.1) is 6.92 Å². The number of rotatable bonds is 4. The molecule has 1 aromatic carbocycles. The first-order valence-corrected chi connectivity index (χ1v) is 6.82. The molecule has 1 N–H and O–H groups in total. The van der Waals surface area contributed by atoms with Gasteiger partial charge in [0.2, 0.25) is 0 Å². The molecule has 0 bridgehead atoms. The molecule has 0 aliphatic heterocycles. The molecule has 0 saturated carbocycles. The van der Waals surface area contributed by atoms with E-state index >= 15 is 0 Å². The summed E-state index contributed by atoms with van der Waals surface area (Å²) < 4.78 is 1.90. The Morgan fingerprint density at radius 1 is 1.10 bits per heavy atom. The zero-order valence-electron chi connectivity index (χ0n) is 12.1. The Balaban J connectivity index is 1.67. The summed E-state index contributed by atoms with van der Waals surface area (Å²) in [5, 5.41) is 11.4. The van der Waals surface area contributed by atoms with Crippen molar-refractivity contribution < 1.29 is 0 Å². The fourth-order valence-electron chi connectivity index (χ4n) is 2.09. The zero-order valence-corrected chi connectivity index (χ0v) is 12.1. The molecule has 2 heterocycles. The number of aryl methyl sites for hydroxylation is 2. The van der Waals surface area contributed by atoms with Crippen molar-refractivity contribution in [3.8, 4) is 11.4 Å². The molecule has 0 fully saturated rings. The Hall–Kier alpha value is -2.69. The van der Waals surface area contributed by atoms with Crippen molar-refractivity contribution in [2.24, 2.45) is 7.05 Å². The van der Waals surface area contributed by atoms with E-state index < -0.39 is 0 Å². The summed E-state index contributed by atoms with van der Waals surface area (Å²) in [7, 11) is 1.94. The molecule has 106 valence electrons. The van der Waals surface area contributed by atoms with Crippen molar-refractivity contribution in [3.63, 3.8) is 0 Å². The van der Waals surface area contributed by atoms with Gasteiger partial charge in [-0.05, 0) is 42.8 Å². The van der Waals surface area contributed by atoms with Crippen molar-refractivity contribution in [3.05, 3.63) is 60.2 Å². The minimum atomic E-state index is 0.761. The molecule has 2 aromatic heterocycles. The molecule has 3 rings (SSSR count). The van der Waals surface area contributed by atoms with E-state index in [1.807, 2.05) is 55.1 Å². The van der Waals surface area contributed by atoms with Gasteiger partial charge in [0, 0.05) is 36.7 Å². The first-order valence-electron chi connectivity index (χ1n) is 6.82. The predicted molar refractivity (Wildman–Crippen MR) is 82.7 cm³/mol. The van der Waals surface area contributed by atoms with Crippen molar-refractivity contribution >= 4 is 5.69 Å². The van der Waals surface area contributed by atoms with Crippen LogP contribution in [0.1, 0.15) is 11.3 Å². The van der Waals surface area contributed by atoms with E-state index in [2.05, 4.69) is 26.6 Å². The monoisotopic (exact) mass is 279 g/mol. The molecule has 5 nitrogen and oxygen atoms in total. The van der Waals surface area contributed by atoms with Crippen LogP contribution in [0.15, 0.2) is 48.9 Å². The van der Waals surface area contributed by atoms with Crippen LogP contribution in [0.2, 0.25) is 0 Å². The highest BCUT2D eigenvalue weighted by atomic mass is 15.2. The largest absolute Gasteiger partial charge is 0.381 e. The van der Waals surface area contributed by atoms with Crippen LogP contribution in [0.4, 0.5) is 5.69 Å². The van der Waals surface area contributed by atoms with E-state index in [1.54, 1.807) is 6.33 Å². The van der Waals surface area contributed by atoms with E-state index in [9.17, 15) is 0 Å². The van der Waals surface area contributed by atoms with E-state index in [4.69, 9.17) is 0 Å². The van der Waals surface area contributed by atoms with Gasteiger partial charge in [0.05, 0.1) is 0 Å². The molecule has 0 aliphatic carbocycles. The fraction of sp³-hybridized carbons (Fsp3) is 0.188. The minimum Gasteiger partial charge on any atom is -0.381 e. The average molecular weight is 279 g/mol. The smallest absolute Gasteiger partial charge is 0.163 e. The molecule has 0 aliphatic rings. The Labute approximate surface area is 123 Å². The predicted octanol–water partition coefficient (Wildman–Crippen LogP) is 2.80. The van der Waals surface area contributed by atoms with Gasteiger partial charge in [-0.3, -0.25) is 4.98 Å². The average Bonchev–Trinajstić information content (AvgIpc) is 2.93. The summed E-state index contributed by atoms with van der Waals surface area (Å²) >= 11 is 0. The molecular formula is C16H17N5. The van der Waals surface area contributed by atoms with E-state index in [0.717, 1.165) is 34.9 Å². The van der Waals surface area contributed by atoms with Crippen LogP contribution >= 0.6 is 0 Å². The van der Waals surface area contributed by atoms with Gasteiger partial charge < -0.3 is 9.88 Å². The lowest BCUT2D eigenvalue weighted by Crippen LogP contribution is -2.00. The number of aromatic nitrogens is 4. The van der Waals surface area contributed by atoms with E-state index in [1.165, 1.54) is 0 Å². The molecule has 21 heavy (non-hydrogen) atoms. The second-order valence-corrected chi connectivity index (χ2v) is 5.00. The first-order chi connectivity index (χ1) is 10.2. The molecule has 5 heteroatoms. The molecule has 0 radical (unpaired) electrons. The lowest BCUT2D eigenvalue weighted by molar-refractivity contribution is 0.920. The molecule has 3 aromatic rings. The normalized spacial score (nSPS) is 10.6. The van der Waals surface area contributed by atoms with Crippen LogP contribution < -0.4 is 5.32 Å². The Bertz CT molecular complexity index is 713. The van der Waals surface area contributed by atoms with Gasteiger partial charge in [-0.1, -0.05) is 6.07 Å². The van der Waals surface area contributed by atoms with Crippen molar-refractivity contribution in [1.29, 1.82) is 0 Å². The Morgan fingerprint density at radius 3 is 2.52 bits per heavy atom. The Morgan fingerprint density at radius 2 is 1.90 bits per heavy atom. The maximum absolute atomic E-state index is 4.29. The van der Waals surface area contributed by atoms with Crippen LogP contribution in [0.25, 0.3) is 11.4 Å². The zero-order chi connectivity index (χ0) is 14.7. The summed E-state index contributed by atoms with van der Waals surface area (Å²) in [5.74, 6) is 0.865. The summed E-state index contributed by atoms with van der Waals surface area (Å²) in [6, 6.07) is 12.3. The summed E-state index contributed by atoms with van der Waals surface area (Å²) in [5.41, 5.74) is 4.32. The topological polar surface area (TPSA) is 55.6 Å².